The third kappa shape index (κ3) is 8.25. The quantitative estimate of drug-likeness (QED) is 0.540. The molecular formula is C19H36F3N5. The van der Waals surface area contributed by atoms with Gasteiger partial charge in [-0.2, -0.15) is 13.2 Å². The zero-order valence-corrected chi connectivity index (χ0v) is 17.0. The third-order valence-electron chi connectivity index (χ3n) is 5.78. The zero-order valence-electron chi connectivity index (χ0n) is 17.0. The maximum absolute atomic E-state index is 12.4. The summed E-state index contributed by atoms with van der Waals surface area (Å²) >= 11 is 0. The van der Waals surface area contributed by atoms with E-state index in [2.05, 4.69) is 34.4 Å². The summed E-state index contributed by atoms with van der Waals surface area (Å²) in [6.07, 6.45) is 0.826. The molecule has 5 nitrogen and oxygen atoms in total. The number of nitrogens with zero attached hydrogens (tertiary/aromatic N) is 3. The summed E-state index contributed by atoms with van der Waals surface area (Å²) in [5.41, 5.74) is 0. The molecule has 2 saturated heterocycles. The Kier molecular flexibility index (Phi) is 8.66. The van der Waals surface area contributed by atoms with Gasteiger partial charge in [0.1, 0.15) is 0 Å². The van der Waals surface area contributed by atoms with Crippen molar-refractivity contribution in [1.29, 1.82) is 0 Å². The lowest BCUT2D eigenvalue weighted by molar-refractivity contribution is -0.148. The predicted octanol–water partition coefficient (Wildman–Crippen LogP) is 2.69. The van der Waals surface area contributed by atoms with E-state index in [9.17, 15) is 13.2 Å². The fourth-order valence-electron chi connectivity index (χ4n) is 4.03. The van der Waals surface area contributed by atoms with Crippen LogP contribution in [0.15, 0.2) is 4.99 Å². The lowest BCUT2D eigenvalue weighted by Gasteiger charge is -2.35. The largest absolute Gasteiger partial charge is 0.401 e. The van der Waals surface area contributed by atoms with Gasteiger partial charge in [0.15, 0.2) is 5.96 Å². The minimum absolute atomic E-state index is 0.455. The lowest BCUT2D eigenvalue weighted by Crippen LogP contribution is -2.50. The molecule has 158 valence electrons. The highest BCUT2D eigenvalue weighted by atomic mass is 19.4. The van der Waals surface area contributed by atoms with Crippen LogP contribution in [0.3, 0.4) is 0 Å². The van der Waals surface area contributed by atoms with Crippen LogP contribution in [-0.4, -0.2) is 80.3 Å². The van der Waals surface area contributed by atoms with Gasteiger partial charge in [-0.05, 0) is 65.0 Å². The van der Waals surface area contributed by atoms with E-state index < -0.39 is 12.7 Å². The highest BCUT2D eigenvalue weighted by Crippen LogP contribution is 2.24. The molecule has 0 aromatic heterocycles. The molecule has 2 aliphatic rings. The van der Waals surface area contributed by atoms with Crippen molar-refractivity contribution in [2.75, 3.05) is 46.3 Å². The number of alkyl halides is 3. The predicted molar refractivity (Wildman–Crippen MR) is 104 cm³/mol. The number of aliphatic imine (C=N–C) groups is 1. The Labute approximate surface area is 161 Å². The molecule has 0 bridgehead atoms. The molecule has 0 aromatic rings. The van der Waals surface area contributed by atoms with E-state index in [1.54, 1.807) is 7.05 Å². The van der Waals surface area contributed by atoms with Crippen LogP contribution in [-0.2, 0) is 0 Å². The molecule has 2 fully saturated rings. The van der Waals surface area contributed by atoms with Gasteiger partial charge in [-0.3, -0.25) is 9.89 Å². The summed E-state index contributed by atoms with van der Waals surface area (Å²) in [4.78, 5) is 8.34. The number of guanidine groups is 1. The Balaban J connectivity index is 1.60. The average molecular weight is 392 g/mol. The van der Waals surface area contributed by atoms with Gasteiger partial charge < -0.3 is 15.5 Å². The van der Waals surface area contributed by atoms with Crippen molar-refractivity contribution in [3.63, 3.8) is 0 Å². The first-order valence-electron chi connectivity index (χ1n) is 10.3. The summed E-state index contributed by atoms with van der Waals surface area (Å²) in [5, 5.41) is 6.89. The van der Waals surface area contributed by atoms with Gasteiger partial charge in [-0.1, -0.05) is 0 Å². The molecule has 0 amide bonds. The SMILES string of the molecule is CN=C(NCCC1CCN(CC(F)(F)F)CC1)NC1CCN(C(C)C)CC1. The van der Waals surface area contributed by atoms with Crippen molar-refractivity contribution in [3.05, 3.63) is 0 Å². The minimum Gasteiger partial charge on any atom is -0.356 e. The van der Waals surface area contributed by atoms with Crippen LogP contribution in [0.4, 0.5) is 13.2 Å². The van der Waals surface area contributed by atoms with Crippen molar-refractivity contribution in [3.8, 4) is 0 Å². The Morgan fingerprint density at radius 1 is 1.07 bits per heavy atom. The van der Waals surface area contributed by atoms with E-state index in [0.717, 1.165) is 57.7 Å². The van der Waals surface area contributed by atoms with Crippen LogP contribution in [0.5, 0.6) is 0 Å². The van der Waals surface area contributed by atoms with E-state index >= 15 is 0 Å². The summed E-state index contributed by atoms with van der Waals surface area (Å²) in [6, 6.07) is 1.06. The molecule has 8 heteroatoms. The van der Waals surface area contributed by atoms with E-state index in [4.69, 9.17) is 0 Å². The molecule has 0 saturated carbocycles. The molecule has 0 atom stereocenters. The second kappa shape index (κ2) is 10.5. The number of hydrogen-bond donors (Lipinski definition) is 2. The van der Waals surface area contributed by atoms with Gasteiger partial charge in [0.05, 0.1) is 6.54 Å². The van der Waals surface area contributed by atoms with E-state index in [-0.39, 0.29) is 0 Å². The van der Waals surface area contributed by atoms with Crippen LogP contribution < -0.4 is 10.6 Å². The van der Waals surface area contributed by atoms with Gasteiger partial charge in [0.25, 0.3) is 0 Å². The third-order valence-corrected chi connectivity index (χ3v) is 5.78. The summed E-state index contributed by atoms with van der Waals surface area (Å²) in [5.74, 6) is 1.34. The van der Waals surface area contributed by atoms with Gasteiger partial charge in [-0.25, -0.2) is 0 Å². The van der Waals surface area contributed by atoms with Crippen molar-refractivity contribution in [1.82, 2.24) is 20.4 Å². The van der Waals surface area contributed by atoms with Gasteiger partial charge in [-0.15, -0.1) is 0 Å². The van der Waals surface area contributed by atoms with E-state index in [0.29, 0.717) is 31.1 Å². The smallest absolute Gasteiger partial charge is 0.356 e. The second-order valence-electron chi connectivity index (χ2n) is 8.17. The van der Waals surface area contributed by atoms with Crippen LogP contribution in [0.1, 0.15) is 46.0 Å². The lowest BCUT2D eigenvalue weighted by atomic mass is 9.93. The fraction of sp³-hybridized carbons (Fsp3) is 0.947. The first-order chi connectivity index (χ1) is 12.8. The number of likely N-dealkylation sites (tertiary alicyclic amines) is 2. The monoisotopic (exact) mass is 391 g/mol. The topological polar surface area (TPSA) is 42.9 Å². The molecule has 2 N–H and O–H groups in total. The molecule has 0 spiro atoms. The van der Waals surface area contributed by atoms with Crippen molar-refractivity contribution in [2.24, 2.45) is 10.9 Å². The molecular weight excluding hydrogens is 355 g/mol. The number of rotatable bonds is 6. The molecule has 27 heavy (non-hydrogen) atoms. The average Bonchev–Trinajstić information content (AvgIpc) is 2.61. The normalized spacial score (nSPS) is 22.4. The van der Waals surface area contributed by atoms with E-state index in [1.165, 1.54) is 4.90 Å². The van der Waals surface area contributed by atoms with Crippen molar-refractivity contribution < 1.29 is 13.2 Å². The Morgan fingerprint density at radius 3 is 2.22 bits per heavy atom. The summed E-state index contributed by atoms with van der Waals surface area (Å²) < 4.78 is 37.3. The zero-order chi connectivity index (χ0) is 19.9. The van der Waals surface area contributed by atoms with Gasteiger partial charge in [0, 0.05) is 38.8 Å². The number of nitrogens with one attached hydrogen (secondary N) is 2. The summed E-state index contributed by atoms with van der Waals surface area (Å²) in [7, 11) is 1.79. The molecule has 2 heterocycles. The number of halogens is 3. The minimum atomic E-state index is -4.09. The number of piperidine rings is 2. The van der Waals surface area contributed by atoms with Crippen LogP contribution >= 0.6 is 0 Å². The molecule has 0 aliphatic carbocycles. The van der Waals surface area contributed by atoms with E-state index in [1.807, 2.05) is 0 Å². The van der Waals surface area contributed by atoms with Crippen LogP contribution in [0.25, 0.3) is 0 Å². The Bertz CT molecular complexity index is 451. The first kappa shape index (κ1) is 22.3. The standard InChI is InChI=1S/C19H36F3N5/c1-15(2)27-12-7-17(8-13-27)25-18(23-3)24-9-4-16-5-10-26(11-6-16)14-19(20,21)22/h15-17H,4-14H2,1-3H3,(H2,23,24,25). The molecule has 0 aromatic carbocycles. The maximum Gasteiger partial charge on any atom is 0.401 e. The second-order valence-corrected chi connectivity index (χ2v) is 8.17. The molecule has 2 rings (SSSR count). The molecule has 2 aliphatic heterocycles. The summed E-state index contributed by atoms with van der Waals surface area (Å²) in [6.45, 7) is 7.84. The Morgan fingerprint density at radius 2 is 1.70 bits per heavy atom. The highest BCUT2D eigenvalue weighted by molar-refractivity contribution is 5.79. The van der Waals surface area contributed by atoms with Gasteiger partial charge >= 0.3 is 6.18 Å². The van der Waals surface area contributed by atoms with Crippen molar-refractivity contribution >= 4 is 5.96 Å². The first-order valence-corrected chi connectivity index (χ1v) is 10.3. The molecule has 0 radical (unpaired) electrons. The fourth-order valence-corrected chi connectivity index (χ4v) is 4.03. The molecule has 0 unspecified atom stereocenters. The number of hydrogen-bond acceptors (Lipinski definition) is 3. The van der Waals surface area contributed by atoms with Gasteiger partial charge in [0.2, 0.25) is 0 Å². The highest BCUT2D eigenvalue weighted by Gasteiger charge is 2.32. The Hall–Kier alpha value is -1.02. The van der Waals surface area contributed by atoms with Crippen LogP contribution in [0, 0.1) is 5.92 Å². The van der Waals surface area contributed by atoms with Crippen molar-refractivity contribution in [2.45, 2.75) is 64.2 Å². The van der Waals surface area contributed by atoms with Crippen LogP contribution in [0.2, 0.25) is 0 Å². The maximum atomic E-state index is 12.4.